The first kappa shape index (κ1) is 54.2. The van der Waals surface area contributed by atoms with Crippen LogP contribution in [-0.2, 0) is 47.7 Å². The number of aliphatic hydroxyl groups is 3. The van der Waals surface area contributed by atoms with Crippen molar-refractivity contribution < 1.29 is 63.0 Å². The Balaban J connectivity index is 1.70. The Bertz CT molecular complexity index is 1760. The van der Waals surface area contributed by atoms with Gasteiger partial charge in [0, 0.05) is 58.5 Å². The minimum absolute atomic E-state index is 0.0193. The average Bonchev–Trinajstić information content (AvgIpc) is 3.28. The van der Waals surface area contributed by atoms with Crippen molar-refractivity contribution >= 4 is 29.2 Å². The molecular formula is C51H79NO13. The molecule has 15 atom stereocenters. The molecule has 14 nitrogen and oxygen atoms in total. The van der Waals surface area contributed by atoms with E-state index >= 15 is 0 Å². The molecule has 3 aliphatic heterocycles. The van der Waals surface area contributed by atoms with E-state index < -0.39 is 83.9 Å². The third-order valence-electron chi connectivity index (χ3n) is 14.5. The standard InChI is InChI=1S/C51H79NO13/c1-30-16-12-11-13-17-31(2)42(61-8)28-38-21-19-36(7)51(60,65-38)48(57)49(58)52-23-15-14-18-39(52)50(59)64-43(33(4)26-37-20-22-40(53)44(27-37)62-9)29-41(54)32(3)25-35(6)46(56)47(63-10)45(55)34(5)24-30/h11-13,16-17,25,30,32-34,36-40,42-44,46-47,53,56,60H,14-15,18-24,26-29H2,1-10H3/b13-11?,16-12+,31-17?,35-25+/t30-,32-,33-,34-,36-,37?,38+,39?,40-,42+,43?,44-,46-,47+,51-/m1/s1. The van der Waals surface area contributed by atoms with Gasteiger partial charge in [0.1, 0.15) is 30.1 Å². The van der Waals surface area contributed by atoms with E-state index in [1.54, 1.807) is 41.1 Å². The van der Waals surface area contributed by atoms with Crippen LogP contribution in [0.1, 0.15) is 126 Å². The normalized spacial score (nSPS) is 39.1. The number of Topliss-reactive ketones (excluding diaryl/α,β-unsaturated/α-hetero) is 3. The summed E-state index contributed by atoms with van der Waals surface area (Å²) in [6.07, 6.45) is 11.2. The summed E-state index contributed by atoms with van der Waals surface area (Å²) >= 11 is 0. The number of allylic oxidation sites excluding steroid dienone is 6. The number of amides is 1. The molecule has 14 heteroatoms. The maximum absolute atomic E-state index is 14.4. The Labute approximate surface area is 387 Å². The summed E-state index contributed by atoms with van der Waals surface area (Å²) in [5.41, 5.74) is 1.27. The van der Waals surface area contributed by atoms with E-state index in [9.17, 15) is 39.3 Å². The Kier molecular flexibility index (Phi) is 21.0. The molecule has 1 amide bonds. The van der Waals surface area contributed by atoms with E-state index in [4.69, 9.17) is 23.7 Å². The molecule has 3 heterocycles. The van der Waals surface area contributed by atoms with Crippen molar-refractivity contribution in [3.8, 4) is 0 Å². The van der Waals surface area contributed by atoms with Crippen molar-refractivity contribution in [3.63, 3.8) is 0 Å². The number of rotatable bonds is 6. The van der Waals surface area contributed by atoms with Crippen LogP contribution in [0.25, 0.3) is 0 Å². The molecule has 0 radical (unpaired) electrons. The highest BCUT2D eigenvalue weighted by atomic mass is 16.6. The molecule has 0 spiro atoms. The minimum Gasteiger partial charge on any atom is -0.460 e. The number of hydrogen-bond acceptors (Lipinski definition) is 13. The van der Waals surface area contributed by atoms with Crippen LogP contribution < -0.4 is 0 Å². The quantitative estimate of drug-likeness (QED) is 0.156. The number of ketones is 3. The molecule has 4 rings (SSSR count). The van der Waals surface area contributed by atoms with Crippen molar-refractivity contribution in [1.29, 1.82) is 0 Å². The van der Waals surface area contributed by atoms with Gasteiger partial charge in [-0.25, -0.2) is 4.79 Å². The van der Waals surface area contributed by atoms with Crippen molar-refractivity contribution in [2.75, 3.05) is 27.9 Å². The molecule has 0 aromatic heterocycles. The molecule has 65 heavy (non-hydrogen) atoms. The van der Waals surface area contributed by atoms with Crippen LogP contribution in [0.3, 0.4) is 0 Å². The molecule has 4 aliphatic rings. The molecule has 1 saturated carbocycles. The number of carbonyl (C=O) groups is 5. The van der Waals surface area contributed by atoms with Gasteiger partial charge in [0.2, 0.25) is 5.79 Å². The van der Waals surface area contributed by atoms with E-state index in [0.29, 0.717) is 63.4 Å². The van der Waals surface area contributed by atoms with Gasteiger partial charge < -0.3 is 43.9 Å². The van der Waals surface area contributed by atoms with E-state index in [1.807, 2.05) is 58.1 Å². The summed E-state index contributed by atoms with van der Waals surface area (Å²) in [7, 11) is 4.52. The third-order valence-corrected chi connectivity index (χ3v) is 14.5. The number of hydrogen-bond donors (Lipinski definition) is 3. The summed E-state index contributed by atoms with van der Waals surface area (Å²) in [5, 5.41) is 33.8. The molecule has 366 valence electrons. The second-order valence-corrected chi connectivity index (χ2v) is 19.6. The van der Waals surface area contributed by atoms with Crippen LogP contribution in [0, 0.1) is 35.5 Å². The number of ether oxygens (including phenoxy) is 5. The fourth-order valence-corrected chi connectivity index (χ4v) is 10.1. The molecule has 1 aliphatic carbocycles. The largest absolute Gasteiger partial charge is 0.460 e. The van der Waals surface area contributed by atoms with Gasteiger partial charge in [-0.3, -0.25) is 19.2 Å². The van der Waals surface area contributed by atoms with E-state index in [0.717, 1.165) is 12.0 Å². The molecule has 3 fully saturated rings. The lowest BCUT2D eigenvalue weighted by Gasteiger charge is -2.42. The predicted octanol–water partition coefficient (Wildman–Crippen LogP) is 6.18. The highest BCUT2D eigenvalue weighted by molar-refractivity contribution is 6.39. The zero-order chi connectivity index (χ0) is 48.2. The third kappa shape index (κ3) is 14.3. The highest BCUT2D eigenvalue weighted by Gasteiger charge is 2.53. The van der Waals surface area contributed by atoms with Crippen LogP contribution in [-0.4, -0.2) is 132 Å². The van der Waals surface area contributed by atoms with Crippen molar-refractivity contribution in [2.45, 2.75) is 180 Å². The Morgan fingerprint density at radius 1 is 0.846 bits per heavy atom. The van der Waals surface area contributed by atoms with Gasteiger partial charge in [0.25, 0.3) is 11.7 Å². The van der Waals surface area contributed by atoms with E-state index in [2.05, 4.69) is 0 Å². The molecule has 2 saturated heterocycles. The Hall–Kier alpha value is -3.37. The Morgan fingerprint density at radius 3 is 2.25 bits per heavy atom. The zero-order valence-electron chi connectivity index (χ0n) is 40.6. The molecular weight excluding hydrogens is 835 g/mol. The summed E-state index contributed by atoms with van der Waals surface area (Å²) in [6.45, 7) is 12.7. The van der Waals surface area contributed by atoms with Crippen LogP contribution in [0.15, 0.2) is 47.6 Å². The molecule has 3 N–H and O–H groups in total. The Morgan fingerprint density at radius 2 is 1.57 bits per heavy atom. The monoisotopic (exact) mass is 914 g/mol. The summed E-state index contributed by atoms with van der Waals surface area (Å²) < 4.78 is 29.4. The first-order valence-electron chi connectivity index (χ1n) is 23.9. The van der Waals surface area contributed by atoms with E-state index in [-0.39, 0.29) is 54.8 Å². The van der Waals surface area contributed by atoms with Crippen molar-refractivity contribution in [1.82, 2.24) is 4.90 Å². The smallest absolute Gasteiger partial charge is 0.329 e. The van der Waals surface area contributed by atoms with Gasteiger partial charge >= 0.3 is 5.97 Å². The van der Waals surface area contributed by atoms with Crippen LogP contribution >= 0.6 is 0 Å². The number of piperidine rings is 1. The first-order valence-corrected chi connectivity index (χ1v) is 23.9. The number of carbonyl (C=O) groups excluding carboxylic acids is 5. The zero-order valence-corrected chi connectivity index (χ0v) is 40.6. The summed E-state index contributed by atoms with van der Waals surface area (Å²) in [4.78, 5) is 71.8. The second-order valence-electron chi connectivity index (χ2n) is 19.6. The lowest BCUT2D eigenvalue weighted by Crippen LogP contribution is -2.61. The fraction of sp³-hybridized carbons (Fsp3) is 0.745. The van der Waals surface area contributed by atoms with E-state index in [1.165, 1.54) is 12.0 Å². The topological polar surface area (TPSA) is 195 Å². The summed E-state index contributed by atoms with van der Waals surface area (Å²) in [5.74, 6) is -7.96. The van der Waals surface area contributed by atoms with Gasteiger partial charge in [-0.05, 0) is 107 Å². The maximum Gasteiger partial charge on any atom is 0.329 e. The lowest BCUT2D eigenvalue weighted by atomic mass is 9.78. The maximum atomic E-state index is 14.4. The number of methoxy groups -OCH3 is 3. The van der Waals surface area contributed by atoms with Crippen molar-refractivity contribution in [3.05, 3.63) is 47.6 Å². The molecule has 0 aromatic carbocycles. The van der Waals surface area contributed by atoms with Crippen LogP contribution in [0.5, 0.6) is 0 Å². The summed E-state index contributed by atoms with van der Waals surface area (Å²) in [6, 6.07) is -1.14. The van der Waals surface area contributed by atoms with Gasteiger partial charge in [0.15, 0.2) is 5.78 Å². The van der Waals surface area contributed by atoms with Crippen LogP contribution in [0.2, 0.25) is 0 Å². The average molecular weight is 914 g/mol. The number of esters is 1. The number of aliphatic hydroxyl groups excluding tert-OH is 2. The van der Waals surface area contributed by atoms with Crippen LogP contribution in [0.4, 0.5) is 0 Å². The minimum atomic E-state index is -2.43. The highest BCUT2D eigenvalue weighted by Crippen LogP contribution is 2.38. The van der Waals surface area contributed by atoms with Crippen molar-refractivity contribution in [2.24, 2.45) is 35.5 Å². The predicted molar refractivity (Wildman–Crippen MR) is 245 cm³/mol. The lowest BCUT2D eigenvalue weighted by molar-refractivity contribution is -0.265. The van der Waals surface area contributed by atoms with Gasteiger partial charge in [-0.15, -0.1) is 0 Å². The molecule has 3 unspecified atom stereocenters. The molecule has 0 aromatic rings. The fourth-order valence-electron chi connectivity index (χ4n) is 10.1. The first-order chi connectivity index (χ1) is 30.7. The van der Waals surface area contributed by atoms with Gasteiger partial charge in [0.05, 0.1) is 24.4 Å². The second kappa shape index (κ2) is 25.1. The SMILES string of the molecule is CO[C@H]1C[C@@H]2CC[C@@H](C)[C@@](O)(O2)C(=O)C(=O)N2CCCCC2C(=O)OC([C@H](C)CC2CC[C@@H](O)[C@H](OC)C2)CC(=O)[C@H](C)/C=C(\C)[C@@H](O)[C@@H](OC)C(=O)[C@H](C)C[C@H](C)/C=C/C=CC=C1C. The van der Waals surface area contributed by atoms with Gasteiger partial charge in [-0.2, -0.15) is 0 Å². The number of fused-ring (bicyclic) bond motifs is 3. The number of cyclic esters (lactones) is 1. The number of nitrogens with zero attached hydrogens (tertiary/aromatic N) is 1. The van der Waals surface area contributed by atoms with Gasteiger partial charge in [-0.1, -0.05) is 71.1 Å². The molecule has 2 bridgehead atoms.